The van der Waals surface area contributed by atoms with Gasteiger partial charge in [-0.25, -0.2) is 4.79 Å². The van der Waals surface area contributed by atoms with Crippen LogP contribution >= 0.6 is 15.9 Å². The minimum Gasteiger partial charge on any atom is -0.465 e. The molecule has 2 heterocycles. The summed E-state index contributed by atoms with van der Waals surface area (Å²) in [6.45, 7) is 6.66. The quantitative estimate of drug-likeness (QED) is 0.682. The van der Waals surface area contributed by atoms with Crippen LogP contribution in [-0.2, 0) is 4.84 Å². The number of oxime groups is 1. The topological polar surface area (TPSA) is 62.1 Å². The second kappa shape index (κ2) is 5.82. The number of rotatable bonds is 0. The summed E-state index contributed by atoms with van der Waals surface area (Å²) in [5.74, 6) is 6.26. The fourth-order valence-corrected chi connectivity index (χ4v) is 3.90. The number of carboxylic acid groups (broad SMARTS) is 1. The van der Waals surface area contributed by atoms with Crippen molar-refractivity contribution >= 4 is 27.7 Å². The summed E-state index contributed by atoms with van der Waals surface area (Å²) in [7, 11) is 0. The molecule has 1 fully saturated rings. The molecule has 0 radical (unpaired) electrons. The van der Waals surface area contributed by atoms with Gasteiger partial charge in [0.15, 0.2) is 0 Å². The third-order valence-corrected chi connectivity index (χ3v) is 5.35. The number of hydrogen-bond donors (Lipinski definition) is 1. The predicted molar refractivity (Wildman–Crippen MR) is 94.6 cm³/mol. The molecule has 24 heavy (non-hydrogen) atoms. The zero-order valence-corrected chi connectivity index (χ0v) is 15.4. The molecule has 0 aliphatic carbocycles. The Morgan fingerprint density at radius 2 is 2.21 bits per heavy atom. The third-order valence-electron chi connectivity index (χ3n) is 4.85. The van der Waals surface area contributed by atoms with Crippen molar-refractivity contribution in [1.82, 2.24) is 4.90 Å². The lowest BCUT2D eigenvalue weighted by molar-refractivity contribution is -0.0678. The van der Waals surface area contributed by atoms with Crippen LogP contribution in [0.1, 0.15) is 32.8 Å². The minimum atomic E-state index is -0.984. The fourth-order valence-electron chi connectivity index (χ4n) is 3.50. The summed E-state index contributed by atoms with van der Waals surface area (Å²) in [6.07, 6.45) is -0.941. The van der Waals surface area contributed by atoms with Crippen LogP contribution in [0.4, 0.5) is 4.79 Å². The van der Waals surface area contributed by atoms with E-state index in [1.54, 1.807) is 0 Å². The zero-order valence-electron chi connectivity index (χ0n) is 13.8. The van der Waals surface area contributed by atoms with Gasteiger partial charge in [0, 0.05) is 16.6 Å². The van der Waals surface area contributed by atoms with Crippen molar-refractivity contribution in [3.05, 3.63) is 34.3 Å². The Morgan fingerprint density at radius 1 is 1.46 bits per heavy atom. The largest absolute Gasteiger partial charge is 0.465 e. The van der Waals surface area contributed by atoms with Crippen molar-refractivity contribution in [2.45, 2.75) is 33.4 Å². The lowest BCUT2D eigenvalue weighted by Gasteiger charge is -2.39. The highest BCUT2D eigenvalue weighted by Gasteiger charge is 2.63. The van der Waals surface area contributed by atoms with E-state index in [1.165, 1.54) is 4.90 Å². The number of benzene rings is 1. The van der Waals surface area contributed by atoms with E-state index in [9.17, 15) is 9.90 Å². The first kappa shape index (κ1) is 16.8. The summed E-state index contributed by atoms with van der Waals surface area (Å²) in [6, 6.07) is 7.72. The Hall–Kier alpha value is -2.00. The molecule has 1 saturated heterocycles. The van der Waals surface area contributed by atoms with E-state index in [4.69, 9.17) is 4.84 Å². The normalized spacial score (nSPS) is 25.4. The molecule has 0 spiro atoms. The molecule has 2 aliphatic heterocycles. The lowest BCUT2D eigenvalue weighted by atomic mass is 9.62. The van der Waals surface area contributed by atoms with Gasteiger partial charge in [0.25, 0.3) is 0 Å². The van der Waals surface area contributed by atoms with Gasteiger partial charge in [-0.1, -0.05) is 53.8 Å². The Morgan fingerprint density at radius 3 is 2.83 bits per heavy atom. The van der Waals surface area contributed by atoms with Gasteiger partial charge in [-0.05, 0) is 36.0 Å². The number of nitrogens with zero attached hydrogens (tertiary/aromatic N) is 2. The summed E-state index contributed by atoms with van der Waals surface area (Å²) >= 11 is 3.43. The maximum atomic E-state index is 11.5. The molecule has 6 heteroatoms. The molecule has 1 N–H and O–H groups in total. The first-order valence-electron chi connectivity index (χ1n) is 7.77. The molecule has 2 atom stereocenters. The van der Waals surface area contributed by atoms with Gasteiger partial charge in [-0.3, -0.25) is 4.90 Å². The van der Waals surface area contributed by atoms with Crippen molar-refractivity contribution in [3.63, 3.8) is 0 Å². The van der Waals surface area contributed by atoms with E-state index in [2.05, 4.69) is 53.7 Å². The van der Waals surface area contributed by atoms with Crippen molar-refractivity contribution in [3.8, 4) is 11.8 Å². The molecule has 2 aliphatic rings. The smallest absolute Gasteiger partial charge is 0.410 e. The molecule has 1 amide bonds. The first-order chi connectivity index (χ1) is 11.3. The van der Waals surface area contributed by atoms with E-state index in [1.807, 2.05) is 24.3 Å². The number of likely N-dealkylation sites (tertiary alicyclic amines) is 1. The predicted octanol–water partition coefficient (Wildman–Crippen LogP) is 3.93. The van der Waals surface area contributed by atoms with Crippen LogP contribution in [-0.4, -0.2) is 34.6 Å². The average molecular weight is 391 g/mol. The first-order valence-corrected chi connectivity index (χ1v) is 8.56. The van der Waals surface area contributed by atoms with Crippen LogP contribution in [0.2, 0.25) is 0 Å². The van der Waals surface area contributed by atoms with E-state index in [0.717, 1.165) is 10.0 Å². The van der Waals surface area contributed by atoms with E-state index in [-0.39, 0.29) is 5.41 Å². The van der Waals surface area contributed by atoms with Crippen LogP contribution in [0.25, 0.3) is 0 Å². The Kier molecular flexibility index (Phi) is 4.08. The second-order valence-corrected chi connectivity index (χ2v) is 8.02. The minimum absolute atomic E-state index is 0.233. The number of halogens is 1. The van der Waals surface area contributed by atoms with E-state index < -0.39 is 17.7 Å². The fraction of sp³-hybridized carbons (Fsp3) is 0.444. The zero-order chi connectivity index (χ0) is 17.5. The van der Waals surface area contributed by atoms with Crippen LogP contribution < -0.4 is 0 Å². The summed E-state index contributed by atoms with van der Waals surface area (Å²) in [5.41, 5.74) is 0.740. The SMILES string of the molecule is CC(C)(C)C12CCN(C(=O)O)C1ON=C2C#Cc1cccc(Br)c1. The highest BCUT2D eigenvalue weighted by atomic mass is 79.9. The summed E-state index contributed by atoms with van der Waals surface area (Å²) in [5, 5.41) is 13.6. The Bertz CT molecular complexity index is 772. The average Bonchev–Trinajstić information content (AvgIpc) is 3.02. The van der Waals surface area contributed by atoms with Gasteiger partial charge in [0.1, 0.15) is 5.71 Å². The standard InChI is InChI=1S/C18H19BrN2O3/c1-17(2,3)18-9-10-21(16(22)23)15(18)24-20-14(18)8-7-12-5-4-6-13(19)11-12/h4-6,11,15H,9-10H2,1-3H3,(H,22,23). The monoisotopic (exact) mass is 390 g/mol. The molecular formula is C18H19BrN2O3. The third kappa shape index (κ3) is 2.57. The maximum absolute atomic E-state index is 11.5. The molecule has 1 aromatic carbocycles. The van der Waals surface area contributed by atoms with Crippen LogP contribution in [0.5, 0.6) is 0 Å². The molecule has 0 saturated carbocycles. The molecule has 2 unspecified atom stereocenters. The Labute approximate surface area is 149 Å². The van der Waals surface area contributed by atoms with Gasteiger partial charge < -0.3 is 9.94 Å². The van der Waals surface area contributed by atoms with Gasteiger partial charge in [-0.2, -0.15) is 0 Å². The molecule has 5 nitrogen and oxygen atoms in total. The Balaban J connectivity index is 1.99. The summed E-state index contributed by atoms with van der Waals surface area (Å²) in [4.78, 5) is 18.3. The molecule has 0 bridgehead atoms. The van der Waals surface area contributed by atoms with Crippen molar-refractivity contribution < 1.29 is 14.7 Å². The van der Waals surface area contributed by atoms with Crippen molar-refractivity contribution in [2.75, 3.05) is 6.54 Å². The highest BCUT2D eigenvalue weighted by molar-refractivity contribution is 9.10. The van der Waals surface area contributed by atoms with Gasteiger partial charge >= 0.3 is 6.09 Å². The number of hydrogen-bond acceptors (Lipinski definition) is 3. The summed E-state index contributed by atoms with van der Waals surface area (Å²) < 4.78 is 0.959. The highest BCUT2D eigenvalue weighted by Crippen LogP contribution is 2.54. The van der Waals surface area contributed by atoms with E-state index in [0.29, 0.717) is 18.7 Å². The van der Waals surface area contributed by atoms with Crippen LogP contribution in [0.3, 0.4) is 0 Å². The van der Waals surface area contributed by atoms with Gasteiger partial charge in [-0.15, -0.1) is 0 Å². The second-order valence-electron chi connectivity index (χ2n) is 7.11. The molecular weight excluding hydrogens is 372 g/mol. The number of fused-ring (bicyclic) bond motifs is 1. The molecule has 126 valence electrons. The van der Waals surface area contributed by atoms with Crippen molar-refractivity contribution in [1.29, 1.82) is 0 Å². The van der Waals surface area contributed by atoms with Gasteiger partial charge in [0.2, 0.25) is 6.23 Å². The molecule has 3 rings (SSSR count). The van der Waals surface area contributed by atoms with Crippen molar-refractivity contribution in [2.24, 2.45) is 16.0 Å². The maximum Gasteiger partial charge on any atom is 0.410 e. The number of amides is 1. The van der Waals surface area contributed by atoms with Gasteiger partial charge in [0.05, 0.1) is 5.41 Å². The van der Waals surface area contributed by atoms with Crippen LogP contribution in [0, 0.1) is 22.7 Å². The molecule has 0 aromatic heterocycles. The lowest BCUT2D eigenvalue weighted by Crippen LogP contribution is -2.50. The van der Waals surface area contributed by atoms with E-state index >= 15 is 0 Å². The molecule has 1 aromatic rings. The number of carbonyl (C=O) groups is 1. The van der Waals surface area contributed by atoms with Crippen LogP contribution in [0.15, 0.2) is 33.9 Å².